The zero-order valence-corrected chi connectivity index (χ0v) is 12.5. The van der Waals surface area contributed by atoms with Crippen molar-refractivity contribution >= 4 is 5.82 Å². The topological polar surface area (TPSA) is 79.1 Å². The number of nitrogen functional groups attached to an aromatic ring is 2. The number of benzene rings is 1. The minimum Gasteiger partial charge on any atom is -0.494 e. The molecular weight excluding hydrogens is 252 g/mol. The van der Waals surface area contributed by atoms with Gasteiger partial charge in [-0.2, -0.15) is 0 Å². The highest BCUT2D eigenvalue weighted by atomic mass is 16.5. The smallest absolute Gasteiger partial charge is 0.150 e. The third kappa shape index (κ3) is 2.57. The minimum atomic E-state index is -0.168. The van der Waals surface area contributed by atoms with Gasteiger partial charge in [-0.25, -0.2) is 9.66 Å². The van der Waals surface area contributed by atoms with E-state index in [0.29, 0.717) is 18.1 Å². The first-order valence-electron chi connectivity index (χ1n) is 6.71. The molecule has 1 aromatic heterocycles. The Balaban J connectivity index is 2.51. The van der Waals surface area contributed by atoms with Crippen molar-refractivity contribution in [2.45, 2.75) is 33.1 Å². The second-order valence-corrected chi connectivity index (χ2v) is 5.75. The van der Waals surface area contributed by atoms with Gasteiger partial charge in [0.05, 0.1) is 6.61 Å². The first kappa shape index (κ1) is 14.2. The van der Waals surface area contributed by atoms with Crippen molar-refractivity contribution in [3.8, 4) is 17.0 Å². The van der Waals surface area contributed by atoms with Gasteiger partial charge in [-0.05, 0) is 19.1 Å². The van der Waals surface area contributed by atoms with E-state index in [0.717, 1.165) is 17.1 Å². The predicted molar refractivity (Wildman–Crippen MR) is 82.1 cm³/mol. The van der Waals surface area contributed by atoms with Crippen LogP contribution in [-0.4, -0.2) is 16.3 Å². The van der Waals surface area contributed by atoms with E-state index in [4.69, 9.17) is 16.3 Å². The molecule has 108 valence electrons. The molecule has 1 heterocycles. The lowest BCUT2D eigenvalue weighted by Crippen LogP contribution is -2.24. The fourth-order valence-electron chi connectivity index (χ4n) is 2.09. The summed E-state index contributed by atoms with van der Waals surface area (Å²) in [7, 11) is 0. The second kappa shape index (κ2) is 5.07. The zero-order chi connectivity index (χ0) is 14.9. The van der Waals surface area contributed by atoms with E-state index in [1.807, 2.05) is 31.2 Å². The predicted octanol–water partition coefficient (Wildman–Crippen LogP) is 2.54. The molecule has 0 saturated heterocycles. The van der Waals surface area contributed by atoms with Crippen LogP contribution in [0.3, 0.4) is 0 Å². The van der Waals surface area contributed by atoms with Crippen molar-refractivity contribution < 1.29 is 4.74 Å². The van der Waals surface area contributed by atoms with Crippen LogP contribution >= 0.6 is 0 Å². The summed E-state index contributed by atoms with van der Waals surface area (Å²) in [5.41, 5.74) is 7.52. The van der Waals surface area contributed by atoms with Gasteiger partial charge in [-0.3, -0.25) is 0 Å². The van der Waals surface area contributed by atoms with Gasteiger partial charge in [0.2, 0.25) is 0 Å². The molecule has 20 heavy (non-hydrogen) atoms. The van der Waals surface area contributed by atoms with E-state index in [1.54, 1.807) is 0 Å². The van der Waals surface area contributed by atoms with Crippen LogP contribution in [0, 0.1) is 0 Å². The molecule has 0 saturated carbocycles. The Morgan fingerprint density at radius 1 is 1.30 bits per heavy atom. The lowest BCUT2D eigenvalue weighted by Gasteiger charge is -2.17. The van der Waals surface area contributed by atoms with Crippen molar-refractivity contribution in [2.75, 3.05) is 18.2 Å². The first-order chi connectivity index (χ1) is 9.34. The number of imidazole rings is 1. The first-order valence-corrected chi connectivity index (χ1v) is 6.71. The normalized spacial score (nSPS) is 11.6. The van der Waals surface area contributed by atoms with Crippen LogP contribution in [0.2, 0.25) is 0 Å². The number of nitrogens with two attached hydrogens (primary N) is 2. The molecule has 5 nitrogen and oxygen atoms in total. The maximum Gasteiger partial charge on any atom is 0.150 e. The van der Waals surface area contributed by atoms with Crippen LogP contribution in [0.15, 0.2) is 24.3 Å². The lowest BCUT2D eigenvalue weighted by molar-refractivity contribution is 0.340. The lowest BCUT2D eigenvalue weighted by atomic mass is 9.96. The summed E-state index contributed by atoms with van der Waals surface area (Å²) >= 11 is 0. The molecule has 0 aliphatic rings. The quantitative estimate of drug-likeness (QED) is 0.843. The van der Waals surface area contributed by atoms with Crippen molar-refractivity contribution in [1.82, 2.24) is 9.66 Å². The summed E-state index contributed by atoms with van der Waals surface area (Å²) in [5, 5.41) is 0. The summed E-state index contributed by atoms with van der Waals surface area (Å²) in [5.74, 6) is 8.04. The van der Waals surface area contributed by atoms with Crippen molar-refractivity contribution in [3.63, 3.8) is 0 Å². The van der Waals surface area contributed by atoms with Crippen LogP contribution in [0.4, 0.5) is 5.82 Å². The third-order valence-corrected chi connectivity index (χ3v) is 3.04. The third-order valence-electron chi connectivity index (χ3n) is 3.04. The second-order valence-electron chi connectivity index (χ2n) is 5.75. The highest BCUT2D eigenvalue weighted by molar-refractivity contribution is 5.72. The van der Waals surface area contributed by atoms with Gasteiger partial charge in [0.15, 0.2) is 5.82 Å². The summed E-state index contributed by atoms with van der Waals surface area (Å²) in [6.45, 7) is 8.74. The van der Waals surface area contributed by atoms with Gasteiger partial charge < -0.3 is 16.3 Å². The molecule has 2 rings (SSSR count). The summed E-state index contributed by atoms with van der Waals surface area (Å²) in [6.07, 6.45) is 0. The Kier molecular flexibility index (Phi) is 3.61. The molecule has 0 radical (unpaired) electrons. The average molecular weight is 274 g/mol. The molecule has 5 heteroatoms. The number of aromatic nitrogens is 2. The van der Waals surface area contributed by atoms with E-state index in [9.17, 15) is 0 Å². The number of hydrogen-bond acceptors (Lipinski definition) is 4. The number of nitrogens with zero attached hydrogens (tertiary/aromatic N) is 2. The Hall–Kier alpha value is -2.17. The molecule has 0 fully saturated rings. The van der Waals surface area contributed by atoms with Crippen LogP contribution < -0.4 is 16.3 Å². The fourth-order valence-corrected chi connectivity index (χ4v) is 2.09. The van der Waals surface area contributed by atoms with Crippen LogP contribution in [0.5, 0.6) is 5.75 Å². The maximum atomic E-state index is 6.09. The summed E-state index contributed by atoms with van der Waals surface area (Å²) < 4.78 is 6.97. The molecule has 0 unspecified atom stereocenters. The number of rotatable bonds is 3. The minimum absolute atomic E-state index is 0.168. The van der Waals surface area contributed by atoms with Gasteiger partial charge in [0.25, 0.3) is 0 Å². The molecule has 0 amide bonds. The number of ether oxygens (including phenoxy) is 1. The van der Waals surface area contributed by atoms with Crippen molar-refractivity contribution in [1.29, 1.82) is 0 Å². The Morgan fingerprint density at radius 2 is 2.00 bits per heavy atom. The van der Waals surface area contributed by atoms with Gasteiger partial charge in [0, 0.05) is 11.0 Å². The Labute approximate surface area is 119 Å². The zero-order valence-electron chi connectivity index (χ0n) is 12.5. The highest BCUT2D eigenvalue weighted by Crippen LogP contribution is 2.31. The molecule has 2 aromatic rings. The van der Waals surface area contributed by atoms with Gasteiger partial charge >= 0.3 is 0 Å². The molecule has 0 spiro atoms. The van der Waals surface area contributed by atoms with Crippen LogP contribution in [0.1, 0.15) is 33.5 Å². The van der Waals surface area contributed by atoms with Gasteiger partial charge in [-0.15, -0.1) is 0 Å². The molecule has 0 aliphatic heterocycles. The molecule has 1 aromatic carbocycles. The van der Waals surface area contributed by atoms with Gasteiger partial charge in [0.1, 0.15) is 17.3 Å². The molecular formula is C15H22N4O. The van der Waals surface area contributed by atoms with E-state index in [-0.39, 0.29) is 5.41 Å². The molecule has 0 bridgehead atoms. The van der Waals surface area contributed by atoms with E-state index in [1.165, 1.54) is 4.68 Å². The van der Waals surface area contributed by atoms with E-state index >= 15 is 0 Å². The highest BCUT2D eigenvalue weighted by Gasteiger charge is 2.24. The van der Waals surface area contributed by atoms with Crippen LogP contribution in [-0.2, 0) is 5.41 Å². The van der Waals surface area contributed by atoms with Gasteiger partial charge in [-0.1, -0.05) is 32.9 Å². The standard InChI is InChI=1S/C15H22N4O/c1-5-20-11-8-6-7-10(9-11)12-13(16)19(17)14(18-12)15(2,3)4/h6-9H,5,16-17H2,1-4H3. The molecule has 0 aliphatic carbocycles. The largest absolute Gasteiger partial charge is 0.494 e. The monoisotopic (exact) mass is 274 g/mol. The van der Waals surface area contributed by atoms with E-state index in [2.05, 4.69) is 25.8 Å². The molecule has 0 atom stereocenters. The average Bonchev–Trinajstić information content (AvgIpc) is 2.67. The van der Waals surface area contributed by atoms with E-state index < -0.39 is 0 Å². The Bertz CT molecular complexity index is 611. The van der Waals surface area contributed by atoms with Crippen molar-refractivity contribution in [2.24, 2.45) is 0 Å². The summed E-state index contributed by atoms with van der Waals surface area (Å²) in [4.78, 5) is 4.61. The van der Waals surface area contributed by atoms with Crippen molar-refractivity contribution in [3.05, 3.63) is 30.1 Å². The maximum absolute atomic E-state index is 6.09. The summed E-state index contributed by atoms with van der Waals surface area (Å²) in [6, 6.07) is 7.71. The number of hydrogen-bond donors (Lipinski definition) is 2. The Morgan fingerprint density at radius 3 is 2.55 bits per heavy atom. The fraction of sp³-hybridized carbons (Fsp3) is 0.400. The SMILES string of the molecule is CCOc1cccc(-c2nc(C(C)(C)C)n(N)c2N)c1. The molecule has 4 N–H and O–H groups in total. The van der Waals surface area contributed by atoms with Crippen LogP contribution in [0.25, 0.3) is 11.3 Å². The number of anilines is 1.